The van der Waals surface area contributed by atoms with E-state index >= 15 is 0 Å². The van der Waals surface area contributed by atoms with Crippen LogP contribution >= 0.6 is 0 Å². The number of ketones is 1. The van der Waals surface area contributed by atoms with E-state index < -0.39 is 40.6 Å². The fourth-order valence-corrected chi connectivity index (χ4v) is 5.28. The van der Waals surface area contributed by atoms with Gasteiger partial charge in [-0.1, -0.05) is 12.1 Å². The average molecular weight is 410 g/mol. The van der Waals surface area contributed by atoms with Gasteiger partial charge in [-0.3, -0.25) is 29.3 Å². The van der Waals surface area contributed by atoms with E-state index in [1.54, 1.807) is 60.3 Å². The molecular formula is C21H22N4O5. The zero-order valence-electron chi connectivity index (χ0n) is 16.6. The third-order valence-corrected chi connectivity index (χ3v) is 6.30. The molecule has 2 aromatic heterocycles. The number of carbonyl (C=O) groups excluding carboxylic acids is 1. The van der Waals surface area contributed by atoms with Gasteiger partial charge in [0, 0.05) is 25.5 Å². The van der Waals surface area contributed by atoms with Crippen LogP contribution in [0, 0.1) is 10.8 Å². The highest BCUT2D eigenvalue weighted by Gasteiger charge is 2.74. The minimum atomic E-state index is -1.99. The van der Waals surface area contributed by atoms with Crippen LogP contribution in [0.15, 0.2) is 48.8 Å². The molecule has 0 aliphatic carbocycles. The number of carboxylic acid groups (broad SMARTS) is 2. The first-order valence-corrected chi connectivity index (χ1v) is 9.51. The third-order valence-electron chi connectivity index (χ3n) is 6.30. The molecule has 2 bridgehead atoms. The molecule has 0 radical (unpaired) electrons. The van der Waals surface area contributed by atoms with Gasteiger partial charge in [-0.25, -0.2) is 0 Å². The number of nitrogens with zero attached hydrogens (tertiary/aromatic N) is 4. The van der Waals surface area contributed by atoms with Crippen molar-refractivity contribution < 1.29 is 24.6 Å². The first kappa shape index (κ1) is 20.1. The molecule has 0 spiro atoms. The van der Waals surface area contributed by atoms with Gasteiger partial charge in [0.1, 0.15) is 0 Å². The number of aromatic nitrogens is 2. The quantitative estimate of drug-likeness (QED) is 0.706. The minimum absolute atomic E-state index is 0.114. The number of hydrogen-bond acceptors (Lipinski definition) is 7. The Morgan fingerprint density at radius 2 is 1.33 bits per heavy atom. The van der Waals surface area contributed by atoms with Gasteiger partial charge in [0.25, 0.3) is 0 Å². The summed E-state index contributed by atoms with van der Waals surface area (Å²) in [4.78, 5) is 51.2. The van der Waals surface area contributed by atoms with Crippen LogP contribution in [0.25, 0.3) is 0 Å². The van der Waals surface area contributed by atoms with Crippen LogP contribution in [0.1, 0.15) is 23.5 Å². The van der Waals surface area contributed by atoms with E-state index in [0.29, 0.717) is 11.4 Å². The molecule has 0 amide bonds. The number of Topliss-reactive ketones (excluding diaryl/α,β-unsaturated/α-hetero) is 1. The number of carbonyl (C=O) groups is 3. The van der Waals surface area contributed by atoms with Gasteiger partial charge in [0.05, 0.1) is 23.5 Å². The Balaban J connectivity index is 2.06. The van der Waals surface area contributed by atoms with Gasteiger partial charge < -0.3 is 15.1 Å². The molecule has 2 aromatic rings. The maximum atomic E-state index is 13.9. The smallest absolute Gasteiger partial charge is 0.320 e. The molecule has 4 heterocycles. The zero-order chi connectivity index (χ0) is 21.7. The van der Waals surface area contributed by atoms with E-state index in [1.165, 1.54) is 12.4 Å². The summed E-state index contributed by atoms with van der Waals surface area (Å²) in [5.74, 6) is -3.52. The van der Waals surface area contributed by atoms with Gasteiger partial charge in [-0.15, -0.1) is 0 Å². The summed E-state index contributed by atoms with van der Waals surface area (Å²) in [6, 6.07) is 8.24. The zero-order valence-corrected chi connectivity index (χ0v) is 16.6. The molecule has 2 N–H and O–H groups in total. The lowest BCUT2D eigenvalue weighted by Gasteiger charge is -2.59. The Morgan fingerprint density at radius 1 is 0.900 bits per heavy atom. The van der Waals surface area contributed by atoms with Crippen LogP contribution in [0.5, 0.6) is 0 Å². The molecule has 2 saturated heterocycles. The molecular weight excluding hydrogens is 388 g/mol. The topological polar surface area (TPSA) is 124 Å². The van der Waals surface area contributed by atoms with Gasteiger partial charge in [-0.05, 0) is 38.4 Å². The van der Waals surface area contributed by atoms with Crippen LogP contribution in [0.4, 0.5) is 0 Å². The summed E-state index contributed by atoms with van der Waals surface area (Å²) in [5.41, 5.74) is -3.18. The lowest BCUT2D eigenvalue weighted by atomic mass is 9.54. The number of pyridine rings is 2. The summed E-state index contributed by atoms with van der Waals surface area (Å²) >= 11 is 0. The van der Waals surface area contributed by atoms with E-state index in [-0.39, 0.29) is 13.1 Å². The maximum Gasteiger partial charge on any atom is 0.320 e. The molecule has 0 saturated carbocycles. The van der Waals surface area contributed by atoms with Crippen molar-refractivity contribution in [2.45, 2.75) is 12.1 Å². The molecule has 9 nitrogen and oxygen atoms in total. The normalized spacial score (nSPS) is 32.0. The van der Waals surface area contributed by atoms with Gasteiger partial charge in [0.15, 0.2) is 16.6 Å². The number of fused-ring (bicyclic) bond motifs is 2. The Labute approximate surface area is 173 Å². The summed E-state index contributed by atoms with van der Waals surface area (Å²) in [5, 5.41) is 20.6. The van der Waals surface area contributed by atoms with Crippen molar-refractivity contribution in [1.82, 2.24) is 19.8 Å². The second kappa shape index (κ2) is 6.96. The predicted molar refractivity (Wildman–Crippen MR) is 104 cm³/mol. The Morgan fingerprint density at radius 3 is 1.67 bits per heavy atom. The van der Waals surface area contributed by atoms with E-state index in [1.807, 2.05) is 0 Å². The Hall–Kier alpha value is -3.17. The van der Waals surface area contributed by atoms with E-state index in [2.05, 4.69) is 9.97 Å². The lowest BCUT2D eigenvalue weighted by Crippen LogP contribution is -2.74. The fourth-order valence-electron chi connectivity index (χ4n) is 5.28. The van der Waals surface area contributed by atoms with Gasteiger partial charge >= 0.3 is 11.9 Å². The molecule has 2 aliphatic heterocycles. The summed E-state index contributed by atoms with van der Waals surface area (Å²) < 4.78 is 0. The predicted octanol–water partition coefficient (Wildman–Crippen LogP) is 0.861. The highest BCUT2D eigenvalue weighted by Crippen LogP contribution is 2.59. The Kier molecular flexibility index (Phi) is 4.67. The summed E-state index contributed by atoms with van der Waals surface area (Å²) in [7, 11) is 3.28. The number of rotatable bonds is 4. The van der Waals surface area contributed by atoms with E-state index in [0.717, 1.165) is 0 Å². The molecule has 30 heavy (non-hydrogen) atoms. The first-order valence-electron chi connectivity index (χ1n) is 9.51. The van der Waals surface area contributed by atoms with Crippen molar-refractivity contribution in [3.05, 3.63) is 60.2 Å². The SMILES string of the molecule is CN1CC2(C(=O)O)C(=O)C(C(=O)O)(C1)C(c1ccccn1)N(C)C2c1ccccn1. The molecule has 0 aromatic carbocycles. The lowest BCUT2D eigenvalue weighted by molar-refractivity contribution is -0.200. The molecule has 156 valence electrons. The van der Waals surface area contributed by atoms with Crippen LogP contribution in [-0.4, -0.2) is 74.9 Å². The molecule has 4 atom stereocenters. The number of carboxylic acids is 2. The Bertz CT molecular complexity index is 923. The summed E-state index contributed by atoms with van der Waals surface area (Å²) in [6.07, 6.45) is 3.06. The standard InChI is InChI=1S/C21H22N4O5/c1-24-11-20(18(27)28)15(13-7-3-5-9-22-13)25(2)16(14-8-4-6-10-23-14)21(12-24,17(20)26)19(29)30/h3-10,15-16H,11-12H2,1-2H3,(H,27,28)(H,29,30). The van der Waals surface area contributed by atoms with Gasteiger partial charge in [-0.2, -0.15) is 0 Å². The average Bonchev–Trinajstić information content (AvgIpc) is 2.71. The highest BCUT2D eigenvalue weighted by molar-refractivity contribution is 6.17. The second-order valence-corrected chi connectivity index (χ2v) is 8.03. The van der Waals surface area contributed by atoms with Crippen LogP contribution in [0.3, 0.4) is 0 Å². The van der Waals surface area contributed by atoms with Crippen molar-refractivity contribution in [2.24, 2.45) is 10.8 Å². The second-order valence-electron chi connectivity index (χ2n) is 8.03. The third kappa shape index (κ3) is 2.52. The summed E-state index contributed by atoms with van der Waals surface area (Å²) in [6.45, 7) is -0.229. The molecule has 4 rings (SSSR count). The van der Waals surface area contributed by atoms with Crippen molar-refractivity contribution in [2.75, 3.05) is 27.2 Å². The number of piperidine rings is 2. The van der Waals surface area contributed by atoms with E-state index in [9.17, 15) is 24.6 Å². The van der Waals surface area contributed by atoms with Crippen molar-refractivity contribution in [3.63, 3.8) is 0 Å². The molecule has 2 fully saturated rings. The fraction of sp³-hybridized carbons (Fsp3) is 0.381. The van der Waals surface area contributed by atoms with Crippen LogP contribution in [-0.2, 0) is 14.4 Å². The molecule has 4 unspecified atom stereocenters. The molecule has 2 aliphatic rings. The largest absolute Gasteiger partial charge is 0.480 e. The monoisotopic (exact) mass is 410 g/mol. The van der Waals surface area contributed by atoms with Gasteiger partial charge in [0.2, 0.25) is 0 Å². The number of likely N-dealkylation sites (tertiary alicyclic amines) is 2. The number of aliphatic carboxylic acids is 2. The van der Waals surface area contributed by atoms with Crippen molar-refractivity contribution in [1.29, 1.82) is 0 Å². The van der Waals surface area contributed by atoms with Crippen molar-refractivity contribution >= 4 is 17.7 Å². The van der Waals surface area contributed by atoms with E-state index in [4.69, 9.17) is 0 Å². The van der Waals surface area contributed by atoms with Crippen molar-refractivity contribution in [3.8, 4) is 0 Å². The molecule has 9 heteroatoms. The van der Waals surface area contributed by atoms with Crippen LogP contribution in [0.2, 0.25) is 0 Å². The number of hydrogen-bond donors (Lipinski definition) is 2. The minimum Gasteiger partial charge on any atom is -0.480 e. The highest BCUT2D eigenvalue weighted by atomic mass is 16.4. The first-order chi connectivity index (χ1) is 14.3. The maximum absolute atomic E-state index is 13.9. The van der Waals surface area contributed by atoms with Crippen LogP contribution < -0.4 is 0 Å².